The van der Waals surface area contributed by atoms with Gasteiger partial charge in [-0.3, -0.25) is 0 Å². The third-order valence-corrected chi connectivity index (χ3v) is 4.10. The summed E-state index contributed by atoms with van der Waals surface area (Å²) in [5.41, 5.74) is 1.70. The van der Waals surface area contributed by atoms with Gasteiger partial charge in [0.15, 0.2) is 0 Å². The van der Waals surface area contributed by atoms with Crippen LogP contribution < -0.4 is 4.74 Å². The van der Waals surface area contributed by atoms with Crippen LogP contribution >= 0.6 is 0 Å². The van der Waals surface area contributed by atoms with E-state index in [-0.39, 0.29) is 0 Å². The molecule has 0 radical (unpaired) electrons. The molecule has 124 valence electrons. The predicted molar refractivity (Wildman–Crippen MR) is 94.8 cm³/mol. The fourth-order valence-corrected chi connectivity index (χ4v) is 2.66. The van der Waals surface area contributed by atoms with Gasteiger partial charge in [-0.05, 0) is 31.1 Å². The Balaban J connectivity index is 1.98. The topological polar surface area (TPSA) is 32.7 Å². The highest BCUT2D eigenvalue weighted by Crippen LogP contribution is 2.29. The van der Waals surface area contributed by atoms with Gasteiger partial charge in [0.25, 0.3) is 0 Å². The van der Waals surface area contributed by atoms with Gasteiger partial charge in [0.2, 0.25) is 0 Å². The molecule has 0 saturated heterocycles. The van der Waals surface area contributed by atoms with Crippen molar-refractivity contribution in [2.75, 3.05) is 26.2 Å². The van der Waals surface area contributed by atoms with Crippen molar-refractivity contribution < 1.29 is 9.84 Å². The third kappa shape index (κ3) is 5.08. The Kier molecular flexibility index (Phi) is 7.11. The van der Waals surface area contributed by atoms with Gasteiger partial charge in [0.1, 0.15) is 11.9 Å². The molecule has 0 bridgehead atoms. The first kappa shape index (κ1) is 17.5. The van der Waals surface area contributed by atoms with Crippen LogP contribution in [0.3, 0.4) is 0 Å². The van der Waals surface area contributed by atoms with Crippen LogP contribution in [0.25, 0.3) is 0 Å². The van der Waals surface area contributed by atoms with Crippen LogP contribution in [-0.2, 0) is 0 Å². The lowest BCUT2D eigenvalue weighted by Gasteiger charge is -2.19. The van der Waals surface area contributed by atoms with Gasteiger partial charge in [-0.1, -0.05) is 62.4 Å². The summed E-state index contributed by atoms with van der Waals surface area (Å²) < 4.78 is 5.93. The van der Waals surface area contributed by atoms with E-state index in [2.05, 4.69) is 18.7 Å². The van der Waals surface area contributed by atoms with Crippen LogP contribution in [0.1, 0.15) is 37.5 Å². The molecule has 3 nitrogen and oxygen atoms in total. The zero-order chi connectivity index (χ0) is 16.5. The number of nitrogens with zero attached hydrogens (tertiary/aromatic N) is 1. The second kappa shape index (κ2) is 9.33. The number of rotatable bonds is 9. The molecule has 1 atom stereocenters. The fourth-order valence-electron chi connectivity index (χ4n) is 2.66. The van der Waals surface area contributed by atoms with Crippen LogP contribution in [0.5, 0.6) is 5.75 Å². The van der Waals surface area contributed by atoms with Gasteiger partial charge in [0, 0.05) is 12.1 Å². The van der Waals surface area contributed by atoms with Crippen LogP contribution in [0.4, 0.5) is 0 Å². The smallest absolute Gasteiger partial charge is 0.125 e. The number of hydrogen-bond donors (Lipinski definition) is 1. The fraction of sp³-hybridized carbons (Fsp3) is 0.400. The summed E-state index contributed by atoms with van der Waals surface area (Å²) in [5.74, 6) is 0.767. The van der Waals surface area contributed by atoms with E-state index in [9.17, 15) is 5.11 Å². The maximum Gasteiger partial charge on any atom is 0.125 e. The molecule has 2 rings (SSSR count). The highest BCUT2D eigenvalue weighted by Gasteiger charge is 2.14. The van der Waals surface area contributed by atoms with Crippen molar-refractivity contribution in [1.82, 2.24) is 4.90 Å². The molecular formula is C20H27NO2. The van der Waals surface area contributed by atoms with Crippen molar-refractivity contribution in [2.45, 2.75) is 26.4 Å². The SMILES string of the molecule is CCN(CC)CCCOc1ccccc1C(O)c1ccccc1. The highest BCUT2D eigenvalue weighted by molar-refractivity contribution is 5.40. The van der Waals surface area contributed by atoms with E-state index < -0.39 is 6.10 Å². The lowest BCUT2D eigenvalue weighted by Crippen LogP contribution is -2.25. The van der Waals surface area contributed by atoms with E-state index in [0.29, 0.717) is 6.61 Å². The van der Waals surface area contributed by atoms with Gasteiger partial charge < -0.3 is 14.7 Å². The number of aliphatic hydroxyl groups is 1. The monoisotopic (exact) mass is 313 g/mol. The number of benzene rings is 2. The van der Waals surface area contributed by atoms with Gasteiger partial charge in [0.05, 0.1) is 6.61 Å². The Bertz CT molecular complexity index is 567. The number of hydrogen-bond acceptors (Lipinski definition) is 3. The average molecular weight is 313 g/mol. The molecule has 0 fully saturated rings. The van der Waals surface area contributed by atoms with E-state index >= 15 is 0 Å². The number of ether oxygens (including phenoxy) is 1. The van der Waals surface area contributed by atoms with E-state index in [4.69, 9.17) is 4.74 Å². The molecule has 1 N–H and O–H groups in total. The van der Waals surface area contributed by atoms with E-state index in [1.54, 1.807) is 0 Å². The highest BCUT2D eigenvalue weighted by atomic mass is 16.5. The van der Waals surface area contributed by atoms with Crippen molar-refractivity contribution in [1.29, 1.82) is 0 Å². The minimum absolute atomic E-state index is 0.657. The van der Waals surface area contributed by atoms with Gasteiger partial charge in [-0.25, -0.2) is 0 Å². The largest absolute Gasteiger partial charge is 0.493 e. The molecule has 2 aromatic carbocycles. The summed E-state index contributed by atoms with van der Waals surface area (Å²) in [7, 11) is 0. The minimum Gasteiger partial charge on any atom is -0.493 e. The third-order valence-electron chi connectivity index (χ3n) is 4.10. The molecular weight excluding hydrogens is 286 g/mol. The van der Waals surface area contributed by atoms with Gasteiger partial charge >= 0.3 is 0 Å². The lowest BCUT2D eigenvalue weighted by atomic mass is 10.0. The maximum atomic E-state index is 10.6. The standard InChI is InChI=1S/C20H27NO2/c1-3-21(4-2)15-10-16-23-19-14-9-8-13-18(19)20(22)17-11-6-5-7-12-17/h5-9,11-14,20,22H,3-4,10,15-16H2,1-2H3. The molecule has 23 heavy (non-hydrogen) atoms. The van der Waals surface area contributed by atoms with Crippen LogP contribution in [0.2, 0.25) is 0 Å². The van der Waals surface area contributed by atoms with E-state index in [0.717, 1.165) is 42.9 Å². The summed E-state index contributed by atoms with van der Waals surface area (Å²) in [6.45, 7) is 8.19. The first-order chi connectivity index (χ1) is 11.3. The quantitative estimate of drug-likeness (QED) is 0.713. The predicted octanol–water partition coefficient (Wildman–Crippen LogP) is 3.88. The van der Waals surface area contributed by atoms with Crippen LogP contribution in [-0.4, -0.2) is 36.2 Å². The lowest BCUT2D eigenvalue weighted by molar-refractivity contribution is 0.206. The molecule has 1 unspecified atom stereocenters. The Morgan fingerprint density at radius 3 is 2.30 bits per heavy atom. The van der Waals surface area contributed by atoms with Crippen LogP contribution in [0.15, 0.2) is 54.6 Å². The summed E-state index contributed by atoms with van der Waals surface area (Å²) in [5, 5.41) is 10.6. The summed E-state index contributed by atoms with van der Waals surface area (Å²) in [6.07, 6.45) is 0.326. The van der Waals surface area contributed by atoms with E-state index in [1.807, 2.05) is 54.6 Å². The second-order valence-corrected chi connectivity index (χ2v) is 5.58. The van der Waals surface area contributed by atoms with Crippen LogP contribution in [0, 0.1) is 0 Å². The molecule has 0 aliphatic rings. The molecule has 0 aliphatic heterocycles. The average Bonchev–Trinajstić information content (AvgIpc) is 2.62. The summed E-state index contributed by atoms with van der Waals surface area (Å²) >= 11 is 0. The summed E-state index contributed by atoms with van der Waals surface area (Å²) in [4.78, 5) is 2.38. The first-order valence-electron chi connectivity index (χ1n) is 8.43. The van der Waals surface area contributed by atoms with Crippen molar-refractivity contribution in [3.8, 4) is 5.75 Å². The van der Waals surface area contributed by atoms with Crippen molar-refractivity contribution in [3.05, 3.63) is 65.7 Å². The molecule has 3 heteroatoms. The molecule has 0 saturated carbocycles. The Labute approximate surface area is 139 Å². The first-order valence-corrected chi connectivity index (χ1v) is 8.43. The molecule has 0 aromatic heterocycles. The normalized spacial score (nSPS) is 12.3. The summed E-state index contributed by atoms with van der Waals surface area (Å²) in [6, 6.07) is 17.4. The van der Waals surface area contributed by atoms with Crippen molar-refractivity contribution >= 4 is 0 Å². The Morgan fingerprint density at radius 1 is 0.957 bits per heavy atom. The zero-order valence-corrected chi connectivity index (χ0v) is 14.1. The number of para-hydroxylation sites is 1. The Morgan fingerprint density at radius 2 is 1.61 bits per heavy atom. The maximum absolute atomic E-state index is 10.6. The molecule has 2 aromatic rings. The van der Waals surface area contributed by atoms with Gasteiger partial charge in [-0.15, -0.1) is 0 Å². The van der Waals surface area contributed by atoms with Gasteiger partial charge in [-0.2, -0.15) is 0 Å². The molecule has 0 aliphatic carbocycles. The Hall–Kier alpha value is -1.84. The molecule has 0 spiro atoms. The number of aliphatic hydroxyl groups excluding tert-OH is 1. The zero-order valence-electron chi connectivity index (χ0n) is 14.1. The molecule has 0 heterocycles. The van der Waals surface area contributed by atoms with Crippen molar-refractivity contribution in [3.63, 3.8) is 0 Å². The van der Waals surface area contributed by atoms with E-state index in [1.165, 1.54) is 0 Å². The molecule has 0 amide bonds. The minimum atomic E-state index is -0.657. The van der Waals surface area contributed by atoms with Crippen molar-refractivity contribution in [2.24, 2.45) is 0 Å². The second-order valence-electron chi connectivity index (χ2n) is 5.58.